The Hall–Kier alpha value is -0.130. The third-order valence-corrected chi connectivity index (χ3v) is 4.51. The lowest BCUT2D eigenvalue weighted by Crippen LogP contribution is -2.21. The van der Waals surface area contributed by atoms with E-state index in [-0.39, 0.29) is 0 Å². The molecule has 1 aliphatic carbocycles. The van der Waals surface area contributed by atoms with Gasteiger partial charge in [-0.25, -0.2) is 0 Å². The molecule has 1 aromatic rings. The van der Waals surface area contributed by atoms with Crippen LogP contribution in [0, 0.1) is 0 Å². The highest BCUT2D eigenvalue weighted by Crippen LogP contribution is 2.35. The Kier molecular flexibility index (Phi) is 3.18. The highest BCUT2D eigenvalue weighted by Gasteiger charge is 2.24. The minimum absolute atomic E-state index is 0.713. The van der Waals surface area contributed by atoms with Gasteiger partial charge >= 0.3 is 0 Å². The van der Waals surface area contributed by atoms with E-state index in [1.165, 1.54) is 19.3 Å². The van der Waals surface area contributed by atoms with Crippen LogP contribution < -0.4 is 5.32 Å². The minimum atomic E-state index is 0.713. The van der Waals surface area contributed by atoms with E-state index in [0.29, 0.717) is 6.04 Å². The smallest absolute Gasteiger partial charge is 0.174 e. The van der Waals surface area contributed by atoms with Crippen molar-refractivity contribution >= 4 is 23.1 Å². The van der Waals surface area contributed by atoms with E-state index >= 15 is 0 Å². The maximum absolute atomic E-state index is 4.04. The number of hydrogen-bond acceptors (Lipinski definition) is 5. The van der Waals surface area contributed by atoms with E-state index in [9.17, 15) is 0 Å². The fraction of sp³-hybridized carbons (Fsp3) is 0.750. The second-order valence-electron chi connectivity index (χ2n) is 3.24. The third-order valence-electron chi connectivity index (χ3n) is 2.40. The summed E-state index contributed by atoms with van der Waals surface area (Å²) < 4.78 is 1.11. The van der Waals surface area contributed by atoms with Gasteiger partial charge in [-0.1, -0.05) is 23.1 Å². The molecule has 0 aromatic carbocycles. The van der Waals surface area contributed by atoms with Crippen molar-refractivity contribution in [3.63, 3.8) is 0 Å². The SMILES string of the molecule is CNC1CCC(Sc2nncs2)C1. The van der Waals surface area contributed by atoms with Crippen LogP contribution in [0.3, 0.4) is 0 Å². The Labute approximate surface area is 86.3 Å². The number of aromatic nitrogens is 2. The lowest BCUT2D eigenvalue weighted by Gasteiger charge is -2.07. The van der Waals surface area contributed by atoms with Crippen LogP contribution in [0.25, 0.3) is 0 Å². The van der Waals surface area contributed by atoms with E-state index in [4.69, 9.17) is 0 Å². The van der Waals surface area contributed by atoms with Gasteiger partial charge in [0.1, 0.15) is 5.51 Å². The Morgan fingerprint density at radius 2 is 2.54 bits per heavy atom. The van der Waals surface area contributed by atoms with Gasteiger partial charge in [-0.2, -0.15) is 0 Å². The van der Waals surface area contributed by atoms with Gasteiger partial charge < -0.3 is 5.32 Å². The van der Waals surface area contributed by atoms with Crippen molar-refractivity contribution in [3.8, 4) is 0 Å². The van der Waals surface area contributed by atoms with Gasteiger partial charge in [0, 0.05) is 11.3 Å². The van der Waals surface area contributed by atoms with Crippen molar-refractivity contribution in [3.05, 3.63) is 5.51 Å². The van der Waals surface area contributed by atoms with Crippen molar-refractivity contribution in [2.45, 2.75) is 34.9 Å². The van der Waals surface area contributed by atoms with Gasteiger partial charge in [-0.15, -0.1) is 10.2 Å². The maximum atomic E-state index is 4.04. The lowest BCUT2D eigenvalue weighted by atomic mass is 10.3. The molecule has 1 saturated carbocycles. The molecule has 0 spiro atoms. The van der Waals surface area contributed by atoms with Gasteiger partial charge in [0.15, 0.2) is 4.34 Å². The van der Waals surface area contributed by atoms with E-state index in [1.54, 1.807) is 16.8 Å². The quantitative estimate of drug-likeness (QED) is 0.834. The zero-order valence-electron chi connectivity index (χ0n) is 7.56. The Balaban J connectivity index is 1.84. The van der Waals surface area contributed by atoms with Crippen LogP contribution >= 0.6 is 23.1 Å². The van der Waals surface area contributed by atoms with Crippen LogP contribution in [0.4, 0.5) is 0 Å². The number of rotatable bonds is 3. The summed E-state index contributed by atoms with van der Waals surface area (Å²) in [4.78, 5) is 0. The monoisotopic (exact) mass is 215 g/mol. The van der Waals surface area contributed by atoms with E-state index in [1.807, 2.05) is 18.8 Å². The molecule has 1 fully saturated rings. The molecule has 13 heavy (non-hydrogen) atoms. The van der Waals surface area contributed by atoms with Crippen molar-refractivity contribution < 1.29 is 0 Å². The molecule has 1 N–H and O–H groups in total. The molecule has 3 nitrogen and oxygen atoms in total. The second-order valence-corrected chi connectivity index (χ2v) is 5.62. The Morgan fingerprint density at radius 1 is 1.62 bits per heavy atom. The molecule has 1 aliphatic rings. The molecule has 1 heterocycles. The molecule has 2 unspecified atom stereocenters. The van der Waals surface area contributed by atoms with Crippen molar-refractivity contribution in [2.24, 2.45) is 0 Å². The van der Waals surface area contributed by atoms with Gasteiger partial charge in [0.05, 0.1) is 0 Å². The summed E-state index contributed by atoms with van der Waals surface area (Å²) in [5.74, 6) is 0. The zero-order valence-corrected chi connectivity index (χ0v) is 9.20. The van der Waals surface area contributed by atoms with E-state index in [0.717, 1.165) is 9.59 Å². The molecule has 5 heteroatoms. The summed E-state index contributed by atoms with van der Waals surface area (Å²) in [6, 6.07) is 0.713. The molecule has 0 radical (unpaired) electrons. The van der Waals surface area contributed by atoms with Crippen molar-refractivity contribution in [2.75, 3.05) is 7.05 Å². The van der Waals surface area contributed by atoms with Gasteiger partial charge in [-0.05, 0) is 26.3 Å². The van der Waals surface area contributed by atoms with Gasteiger partial charge in [-0.3, -0.25) is 0 Å². The average Bonchev–Trinajstić information content (AvgIpc) is 2.76. The third kappa shape index (κ3) is 2.42. The lowest BCUT2D eigenvalue weighted by molar-refractivity contribution is 0.583. The molecule has 0 bridgehead atoms. The second kappa shape index (κ2) is 4.39. The summed E-state index contributed by atoms with van der Waals surface area (Å²) in [7, 11) is 2.04. The topological polar surface area (TPSA) is 37.8 Å². The summed E-state index contributed by atoms with van der Waals surface area (Å²) in [5, 5.41) is 11.9. The molecular weight excluding hydrogens is 202 g/mol. The molecular formula is C8H13N3S2. The molecule has 2 atom stereocenters. The summed E-state index contributed by atoms with van der Waals surface area (Å²) >= 11 is 3.52. The maximum Gasteiger partial charge on any atom is 0.174 e. The number of hydrogen-bond donors (Lipinski definition) is 1. The highest BCUT2D eigenvalue weighted by molar-refractivity contribution is 8.01. The molecule has 72 valence electrons. The van der Waals surface area contributed by atoms with Gasteiger partial charge in [0.25, 0.3) is 0 Å². The highest BCUT2D eigenvalue weighted by atomic mass is 32.2. The predicted molar refractivity (Wildman–Crippen MR) is 56.3 cm³/mol. The van der Waals surface area contributed by atoms with E-state index < -0.39 is 0 Å². The summed E-state index contributed by atoms with van der Waals surface area (Å²) in [6.45, 7) is 0. The van der Waals surface area contributed by atoms with Gasteiger partial charge in [0.2, 0.25) is 0 Å². The van der Waals surface area contributed by atoms with E-state index in [2.05, 4.69) is 15.5 Å². The van der Waals surface area contributed by atoms with Crippen LogP contribution in [0.5, 0.6) is 0 Å². The van der Waals surface area contributed by atoms with Crippen LogP contribution in [0.15, 0.2) is 9.85 Å². The van der Waals surface area contributed by atoms with Crippen molar-refractivity contribution in [1.29, 1.82) is 0 Å². The molecule has 0 aliphatic heterocycles. The summed E-state index contributed by atoms with van der Waals surface area (Å²) in [5.41, 5.74) is 1.80. The zero-order chi connectivity index (χ0) is 9.10. The van der Waals surface area contributed by atoms with Crippen LogP contribution in [-0.2, 0) is 0 Å². The largest absolute Gasteiger partial charge is 0.317 e. The fourth-order valence-electron chi connectivity index (χ4n) is 1.67. The fourth-order valence-corrected chi connectivity index (χ4v) is 3.67. The first kappa shape index (κ1) is 9.43. The molecule has 2 rings (SSSR count). The number of nitrogens with one attached hydrogen (secondary N) is 1. The minimum Gasteiger partial charge on any atom is -0.317 e. The first-order valence-electron chi connectivity index (χ1n) is 4.48. The Morgan fingerprint density at radius 3 is 3.15 bits per heavy atom. The van der Waals surface area contributed by atoms with Crippen LogP contribution in [-0.4, -0.2) is 28.5 Å². The number of nitrogens with zero attached hydrogens (tertiary/aromatic N) is 2. The standard InChI is InChI=1S/C8H13N3S2/c1-9-6-2-3-7(4-6)13-8-11-10-5-12-8/h5-7,9H,2-4H2,1H3. The Bertz CT molecular complexity index is 250. The average molecular weight is 215 g/mol. The predicted octanol–water partition coefficient (Wildman–Crippen LogP) is 1.77. The van der Waals surface area contributed by atoms with Crippen LogP contribution in [0.2, 0.25) is 0 Å². The van der Waals surface area contributed by atoms with Crippen molar-refractivity contribution in [1.82, 2.24) is 15.5 Å². The van der Waals surface area contributed by atoms with Crippen LogP contribution in [0.1, 0.15) is 19.3 Å². The number of thioether (sulfide) groups is 1. The summed E-state index contributed by atoms with van der Waals surface area (Å²) in [6.07, 6.45) is 3.86. The normalized spacial score (nSPS) is 28.1. The first-order chi connectivity index (χ1) is 6.38. The molecule has 0 amide bonds. The molecule has 0 saturated heterocycles. The first-order valence-corrected chi connectivity index (χ1v) is 6.24. The molecule has 1 aromatic heterocycles.